The summed E-state index contributed by atoms with van der Waals surface area (Å²) < 4.78 is 11.4. The summed E-state index contributed by atoms with van der Waals surface area (Å²) in [6.07, 6.45) is 0.519. The first-order valence-electron chi connectivity index (χ1n) is 9.54. The molecule has 0 fully saturated rings. The Morgan fingerprint density at radius 3 is 2.40 bits per heavy atom. The third-order valence-electron chi connectivity index (χ3n) is 5.08. The summed E-state index contributed by atoms with van der Waals surface area (Å²) in [5.41, 5.74) is 3.66. The van der Waals surface area contributed by atoms with E-state index in [9.17, 15) is 14.7 Å². The molecule has 5 nitrogen and oxygen atoms in total. The van der Waals surface area contributed by atoms with Crippen molar-refractivity contribution in [1.29, 1.82) is 0 Å². The third-order valence-corrected chi connectivity index (χ3v) is 5.08. The molecule has 3 aromatic carbocycles. The predicted octanol–water partition coefficient (Wildman–Crippen LogP) is 3.63. The predicted molar refractivity (Wildman–Crippen MR) is 112 cm³/mol. The van der Waals surface area contributed by atoms with Gasteiger partial charge in [-0.15, -0.1) is 0 Å². The van der Waals surface area contributed by atoms with Crippen LogP contribution in [-0.2, 0) is 13.0 Å². The molecular formula is C25H19O5-. The molecule has 4 aromatic rings. The Bertz CT molecular complexity index is 1250. The highest BCUT2D eigenvalue weighted by atomic mass is 16.5. The van der Waals surface area contributed by atoms with Gasteiger partial charge >= 0.3 is 5.63 Å². The van der Waals surface area contributed by atoms with Crippen molar-refractivity contribution in [3.8, 4) is 5.75 Å². The van der Waals surface area contributed by atoms with E-state index < -0.39 is 5.97 Å². The number of carbonyl (C=O) groups is 1. The molecule has 0 aliphatic carbocycles. The van der Waals surface area contributed by atoms with E-state index in [1.54, 1.807) is 18.2 Å². The standard InChI is InChI=1S/C25H20O5/c1-16-21-12-11-20(29-15-18-7-9-19(10-8-18)24(26)27)14-23(21)30-25(28)22(16)13-17-5-3-2-4-6-17/h2-12,14H,13,15H2,1H3,(H,26,27)/p-1. The Morgan fingerprint density at radius 1 is 0.967 bits per heavy atom. The Balaban J connectivity index is 1.56. The zero-order valence-corrected chi connectivity index (χ0v) is 16.4. The zero-order chi connectivity index (χ0) is 21.1. The van der Waals surface area contributed by atoms with Crippen LogP contribution in [0.15, 0.2) is 82.0 Å². The minimum absolute atomic E-state index is 0.119. The second-order valence-electron chi connectivity index (χ2n) is 7.09. The zero-order valence-electron chi connectivity index (χ0n) is 16.4. The Kier molecular flexibility index (Phi) is 5.35. The second kappa shape index (κ2) is 8.25. The van der Waals surface area contributed by atoms with Gasteiger partial charge in [0.05, 0.1) is 5.97 Å². The van der Waals surface area contributed by atoms with Crippen LogP contribution in [0.3, 0.4) is 0 Å². The van der Waals surface area contributed by atoms with Gasteiger partial charge in [0.2, 0.25) is 0 Å². The fourth-order valence-corrected chi connectivity index (χ4v) is 3.37. The van der Waals surface area contributed by atoms with Crippen LogP contribution in [0.1, 0.15) is 32.6 Å². The van der Waals surface area contributed by atoms with Crippen LogP contribution in [0.5, 0.6) is 5.75 Å². The summed E-state index contributed by atoms with van der Waals surface area (Å²) in [5, 5.41) is 11.7. The molecule has 0 saturated carbocycles. The van der Waals surface area contributed by atoms with Crippen LogP contribution in [0.25, 0.3) is 11.0 Å². The van der Waals surface area contributed by atoms with Gasteiger partial charge < -0.3 is 19.1 Å². The summed E-state index contributed by atoms with van der Waals surface area (Å²) in [6.45, 7) is 2.19. The number of fused-ring (bicyclic) bond motifs is 1. The highest BCUT2D eigenvalue weighted by Crippen LogP contribution is 2.25. The number of hydrogen-bond acceptors (Lipinski definition) is 5. The van der Waals surface area contributed by atoms with Crippen LogP contribution in [0, 0.1) is 6.92 Å². The van der Waals surface area contributed by atoms with Gasteiger partial charge in [0.25, 0.3) is 0 Å². The van der Waals surface area contributed by atoms with Crippen molar-refractivity contribution in [2.24, 2.45) is 0 Å². The summed E-state index contributed by atoms with van der Waals surface area (Å²) in [4.78, 5) is 23.4. The number of aryl methyl sites for hydroxylation is 1. The van der Waals surface area contributed by atoms with E-state index >= 15 is 0 Å². The van der Waals surface area contributed by atoms with E-state index in [4.69, 9.17) is 9.15 Å². The lowest BCUT2D eigenvalue weighted by molar-refractivity contribution is -0.255. The largest absolute Gasteiger partial charge is 0.545 e. The number of ether oxygens (including phenoxy) is 1. The smallest absolute Gasteiger partial charge is 0.340 e. The average molecular weight is 399 g/mol. The van der Waals surface area contributed by atoms with Crippen LogP contribution in [-0.4, -0.2) is 5.97 Å². The monoisotopic (exact) mass is 399 g/mol. The van der Waals surface area contributed by atoms with Crippen LogP contribution in [0.2, 0.25) is 0 Å². The van der Waals surface area contributed by atoms with Crippen LogP contribution >= 0.6 is 0 Å². The lowest BCUT2D eigenvalue weighted by Gasteiger charge is -2.11. The van der Waals surface area contributed by atoms with E-state index in [1.807, 2.05) is 49.4 Å². The molecule has 0 saturated heterocycles. The molecule has 0 N–H and O–H groups in total. The molecule has 30 heavy (non-hydrogen) atoms. The minimum atomic E-state index is -1.21. The first kappa shape index (κ1) is 19.5. The Hall–Kier alpha value is -3.86. The molecule has 5 heteroatoms. The number of hydrogen-bond donors (Lipinski definition) is 0. The van der Waals surface area contributed by atoms with Crippen molar-refractivity contribution in [3.63, 3.8) is 0 Å². The number of benzene rings is 3. The van der Waals surface area contributed by atoms with Crippen molar-refractivity contribution < 1.29 is 19.1 Å². The topological polar surface area (TPSA) is 79.6 Å². The fraction of sp³-hybridized carbons (Fsp3) is 0.120. The SMILES string of the molecule is Cc1c(Cc2ccccc2)c(=O)oc2cc(OCc3ccc(C(=O)[O-])cc3)ccc12. The Morgan fingerprint density at radius 2 is 1.70 bits per heavy atom. The summed E-state index contributed by atoms with van der Waals surface area (Å²) >= 11 is 0. The normalized spacial score (nSPS) is 10.8. The van der Waals surface area contributed by atoms with E-state index in [2.05, 4.69) is 0 Å². The molecule has 4 rings (SSSR count). The van der Waals surface area contributed by atoms with Crippen molar-refractivity contribution >= 4 is 16.9 Å². The fourth-order valence-electron chi connectivity index (χ4n) is 3.37. The summed E-state index contributed by atoms with van der Waals surface area (Å²) in [6, 6.07) is 21.5. The van der Waals surface area contributed by atoms with Crippen molar-refractivity contribution in [2.45, 2.75) is 20.0 Å². The van der Waals surface area contributed by atoms with Gasteiger partial charge in [0, 0.05) is 23.4 Å². The van der Waals surface area contributed by atoms with Crippen molar-refractivity contribution in [2.75, 3.05) is 0 Å². The van der Waals surface area contributed by atoms with Gasteiger partial charge in [-0.1, -0.05) is 54.6 Å². The number of carboxylic acid groups (broad SMARTS) is 1. The minimum Gasteiger partial charge on any atom is -0.545 e. The molecule has 0 amide bonds. The van der Waals surface area contributed by atoms with E-state index in [-0.39, 0.29) is 17.8 Å². The van der Waals surface area contributed by atoms with Gasteiger partial charge in [0.1, 0.15) is 17.9 Å². The number of carbonyl (C=O) groups excluding carboxylic acids is 1. The summed E-state index contributed by atoms with van der Waals surface area (Å²) in [7, 11) is 0. The van der Waals surface area contributed by atoms with E-state index in [0.29, 0.717) is 23.3 Å². The van der Waals surface area contributed by atoms with Gasteiger partial charge in [-0.3, -0.25) is 0 Å². The molecule has 1 heterocycles. The molecule has 0 aliphatic heterocycles. The first-order chi connectivity index (χ1) is 14.5. The number of rotatable bonds is 6. The summed E-state index contributed by atoms with van der Waals surface area (Å²) in [5.74, 6) is -0.654. The van der Waals surface area contributed by atoms with Gasteiger partial charge in [-0.05, 0) is 41.3 Å². The van der Waals surface area contributed by atoms with Crippen molar-refractivity contribution in [1.82, 2.24) is 0 Å². The van der Waals surface area contributed by atoms with Crippen LogP contribution < -0.4 is 15.5 Å². The maximum Gasteiger partial charge on any atom is 0.340 e. The average Bonchev–Trinajstić information content (AvgIpc) is 2.76. The molecule has 0 unspecified atom stereocenters. The molecule has 0 atom stereocenters. The molecule has 0 bridgehead atoms. The van der Waals surface area contributed by atoms with Gasteiger partial charge in [-0.2, -0.15) is 0 Å². The third kappa shape index (κ3) is 4.10. The second-order valence-corrected chi connectivity index (χ2v) is 7.09. The quantitative estimate of drug-likeness (QED) is 0.463. The maximum atomic E-state index is 12.6. The first-order valence-corrected chi connectivity index (χ1v) is 9.54. The van der Waals surface area contributed by atoms with Gasteiger partial charge in [0.15, 0.2) is 0 Å². The highest BCUT2D eigenvalue weighted by molar-refractivity contribution is 5.85. The maximum absolute atomic E-state index is 12.6. The van der Waals surface area contributed by atoms with E-state index in [0.717, 1.165) is 22.1 Å². The molecule has 0 radical (unpaired) electrons. The number of carboxylic acids is 1. The lowest BCUT2D eigenvalue weighted by atomic mass is 10.00. The molecule has 150 valence electrons. The highest BCUT2D eigenvalue weighted by Gasteiger charge is 2.13. The van der Waals surface area contributed by atoms with Crippen molar-refractivity contribution in [3.05, 3.63) is 111 Å². The molecular weight excluding hydrogens is 380 g/mol. The Labute approximate surface area is 173 Å². The number of aromatic carboxylic acids is 1. The molecule has 0 aliphatic rings. The molecule has 0 spiro atoms. The van der Waals surface area contributed by atoms with Gasteiger partial charge in [-0.25, -0.2) is 4.79 Å². The van der Waals surface area contributed by atoms with E-state index in [1.165, 1.54) is 12.1 Å². The molecule has 1 aromatic heterocycles. The lowest BCUT2D eigenvalue weighted by Crippen LogP contribution is -2.22. The van der Waals surface area contributed by atoms with Crippen LogP contribution in [0.4, 0.5) is 0 Å².